The van der Waals surface area contributed by atoms with Crippen LogP contribution in [0.2, 0.25) is 0 Å². The average Bonchev–Trinajstić information content (AvgIpc) is 2.53. The maximum atomic E-state index is 5.84. The third-order valence-electron chi connectivity index (χ3n) is 4.02. The Morgan fingerprint density at radius 3 is 2.50 bits per heavy atom. The molecule has 2 rings (SSSR count). The average molecular weight is 298 g/mol. The zero-order chi connectivity index (χ0) is 16.0. The van der Waals surface area contributed by atoms with Gasteiger partial charge >= 0.3 is 0 Å². The second kappa shape index (κ2) is 7.39. The van der Waals surface area contributed by atoms with E-state index in [4.69, 9.17) is 4.74 Å². The predicted molar refractivity (Wildman–Crippen MR) is 90.1 cm³/mol. The molecule has 2 heterocycles. The Kier molecular flexibility index (Phi) is 5.53. The number of aromatic nitrogens is 2. The molecule has 0 saturated heterocycles. The molecule has 0 spiro atoms. The first-order valence-corrected chi connectivity index (χ1v) is 7.92. The van der Waals surface area contributed by atoms with E-state index in [-0.39, 0.29) is 5.41 Å². The van der Waals surface area contributed by atoms with Gasteiger partial charge in [0, 0.05) is 24.7 Å². The normalized spacial score (nSPS) is 12.9. The van der Waals surface area contributed by atoms with E-state index in [9.17, 15) is 0 Å². The Bertz CT molecular complexity index is 564. The Balaban J connectivity index is 1.81. The summed E-state index contributed by atoms with van der Waals surface area (Å²) >= 11 is 0. The van der Waals surface area contributed by atoms with Crippen molar-refractivity contribution in [3.05, 3.63) is 54.0 Å². The molecule has 118 valence electrons. The maximum Gasteiger partial charge on any atom is 0.213 e. The van der Waals surface area contributed by atoms with Gasteiger partial charge in [-0.25, -0.2) is 4.98 Å². The zero-order valence-corrected chi connectivity index (χ0v) is 14.0. The molecule has 22 heavy (non-hydrogen) atoms. The van der Waals surface area contributed by atoms with E-state index in [2.05, 4.69) is 42.9 Å². The second-order valence-corrected chi connectivity index (χ2v) is 6.85. The third kappa shape index (κ3) is 5.14. The molecule has 0 radical (unpaired) electrons. The highest BCUT2D eigenvalue weighted by Gasteiger charge is 2.20. The standard InChI is InChI=1S/C19H26N2O/c1-15-5-6-18(21-13-15)22-14-19(3,4)10-7-16(2)17-8-11-20-12-9-17/h5-6,8-9,11-13,16H,7,10,14H2,1-4H3. The first kappa shape index (κ1) is 16.5. The lowest BCUT2D eigenvalue weighted by molar-refractivity contribution is 0.159. The molecular weight excluding hydrogens is 272 g/mol. The minimum absolute atomic E-state index is 0.133. The molecule has 0 aromatic carbocycles. The predicted octanol–water partition coefficient (Wildman–Crippen LogP) is 4.77. The molecule has 1 unspecified atom stereocenters. The summed E-state index contributed by atoms with van der Waals surface area (Å²) in [4.78, 5) is 8.37. The summed E-state index contributed by atoms with van der Waals surface area (Å²) in [5.74, 6) is 1.25. The molecule has 0 fully saturated rings. The fraction of sp³-hybridized carbons (Fsp3) is 0.474. The van der Waals surface area contributed by atoms with Gasteiger partial charge in [-0.3, -0.25) is 4.98 Å². The summed E-state index contributed by atoms with van der Waals surface area (Å²) in [6.45, 7) is 9.49. The van der Waals surface area contributed by atoms with E-state index in [0.29, 0.717) is 18.4 Å². The number of nitrogens with zero attached hydrogens (tertiary/aromatic N) is 2. The first-order chi connectivity index (χ1) is 10.5. The van der Waals surface area contributed by atoms with Crippen molar-refractivity contribution in [3.63, 3.8) is 0 Å². The summed E-state index contributed by atoms with van der Waals surface area (Å²) in [6, 6.07) is 8.17. The Hall–Kier alpha value is -1.90. The molecular formula is C19H26N2O. The van der Waals surface area contributed by atoms with Crippen molar-refractivity contribution >= 4 is 0 Å². The molecule has 0 saturated carbocycles. The van der Waals surface area contributed by atoms with E-state index in [1.54, 1.807) is 0 Å². The van der Waals surface area contributed by atoms with E-state index in [0.717, 1.165) is 18.4 Å². The molecule has 0 aliphatic rings. The highest BCUT2D eigenvalue weighted by molar-refractivity contribution is 5.16. The summed E-state index contributed by atoms with van der Waals surface area (Å²) in [5.41, 5.74) is 2.64. The number of hydrogen-bond donors (Lipinski definition) is 0. The fourth-order valence-corrected chi connectivity index (χ4v) is 2.35. The second-order valence-electron chi connectivity index (χ2n) is 6.85. The summed E-state index contributed by atoms with van der Waals surface area (Å²) < 4.78 is 5.84. The summed E-state index contributed by atoms with van der Waals surface area (Å²) in [5, 5.41) is 0. The Morgan fingerprint density at radius 1 is 1.14 bits per heavy atom. The largest absolute Gasteiger partial charge is 0.477 e. The number of rotatable bonds is 7. The van der Waals surface area contributed by atoms with Crippen molar-refractivity contribution in [2.45, 2.75) is 46.5 Å². The molecule has 2 aromatic rings. The Morgan fingerprint density at radius 2 is 1.86 bits per heavy atom. The number of hydrogen-bond acceptors (Lipinski definition) is 3. The van der Waals surface area contributed by atoms with Crippen LogP contribution in [0.4, 0.5) is 0 Å². The lowest BCUT2D eigenvalue weighted by Crippen LogP contribution is -2.22. The fourth-order valence-electron chi connectivity index (χ4n) is 2.35. The van der Waals surface area contributed by atoms with Crippen molar-refractivity contribution in [3.8, 4) is 5.88 Å². The molecule has 1 atom stereocenters. The highest BCUT2D eigenvalue weighted by Crippen LogP contribution is 2.29. The summed E-state index contributed by atoms with van der Waals surface area (Å²) in [7, 11) is 0. The van der Waals surface area contributed by atoms with Crippen LogP contribution in [-0.2, 0) is 0 Å². The van der Waals surface area contributed by atoms with E-state index >= 15 is 0 Å². The quantitative estimate of drug-likeness (QED) is 0.738. The van der Waals surface area contributed by atoms with Gasteiger partial charge in [-0.05, 0) is 54.4 Å². The molecule has 0 amide bonds. The number of aryl methyl sites for hydroxylation is 1. The summed E-state index contributed by atoms with van der Waals surface area (Å²) in [6.07, 6.45) is 7.82. The van der Waals surface area contributed by atoms with Gasteiger partial charge in [0.05, 0.1) is 6.61 Å². The minimum atomic E-state index is 0.133. The van der Waals surface area contributed by atoms with Gasteiger partial charge in [0.2, 0.25) is 5.88 Å². The molecule has 0 bridgehead atoms. The minimum Gasteiger partial charge on any atom is -0.477 e. The van der Waals surface area contributed by atoms with Crippen LogP contribution in [0.25, 0.3) is 0 Å². The molecule has 0 N–H and O–H groups in total. The topological polar surface area (TPSA) is 35.0 Å². The number of pyridine rings is 2. The van der Waals surface area contributed by atoms with Gasteiger partial charge in [0.15, 0.2) is 0 Å². The van der Waals surface area contributed by atoms with E-state index in [1.165, 1.54) is 5.56 Å². The molecule has 0 aliphatic heterocycles. The van der Waals surface area contributed by atoms with Gasteiger partial charge in [0.25, 0.3) is 0 Å². The lowest BCUT2D eigenvalue weighted by atomic mass is 9.84. The van der Waals surface area contributed by atoms with Gasteiger partial charge in [-0.1, -0.05) is 26.8 Å². The van der Waals surface area contributed by atoms with Gasteiger partial charge in [0.1, 0.15) is 0 Å². The van der Waals surface area contributed by atoms with Crippen molar-refractivity contribution < 1.29 is 4.74 Å². The highest BCUT2D eigenvalue weighted by atomic mass is 16.5. The van der Waals surface area contributed by atoms with Crippen LogP contribution in [0.5, 0.6) is 5.88 Å². The van der Waals surface area contributed by atoms with Crippen LogP contribution >= 0.6 is 0 Å². The van der Waals surface area contributed by atoms with Gasteiger partial charge in [-0.15, -0.1) is 0 Å². The Labute approximate surface area is 133 Å². The van der Waals surface area contributed by atoms with Crippen LogP contribution in [0, 0.1) is 12.3 Å². The molecule has 3 heteroatoms. The van der Waals surface area contributed by atoms with Crippen LogP contribution in [0.15, 0.2) is 42.9 Å². The van der Waals surface area contributed by atoms with E-state index < -0.39 is 0 Å². The van der Waals surface area contributed by atoms with Crippen molar-refractivity contribution in [2.75, 3.05) is 6.61 Å². The lowest BCUT2D eigenvalue weighted by Gasteiger charge is -2.26. The SMILES string of the molecule is Cc1ccc(OCC(C)(C)CCC(C)c2ccncc2)nc1. The van der Waals surface area contributed by atoms with Crippen LogP contribution in [0.3, 0.4) is 0 Å². The smallest absolute Gasteiger partial charge is 0.213 e. The third-order valence-corrected chi connectivity index (χ3v) is 4.02. The van der Waals surface area contributed by atoms with Crippen LogP contribution < -0.4 is 4.74 Å². The van der Waals surface area contributed by atoms with Gasteiger partial charge in [-0.2, -0.15) is 0 Å². The van der Waals surface area contributed by atoms with Crippen molar-refractivity contribution in [1.82, 2.24) is 9.97 Å². The maximum absolute atomic E-state index is 5.84. The molecule has 3 nitrogen and oxygen atoms in total. The molecule has 2 aromatic heterocycles. The number of ether oxygens (including phenoxy) is 1. The first-order valence-electron chi connectivity index (χ1n) is 7.92. The van der Waals surface area contributed by atoms with Crippen molar-refractivity contribution in [2.24, 2.45) is 5.41 Å². The van der Waals surface area contributed by atoms with Gasteiger partial charge < -0.3 is 4.74 Å². The van der Waals surface area contributed by atoms with Crippen LogP contribution in [-0.4, -0.2) is 16.6 Å². The monoisotopic (exact) mass is 298 g/mol. The van der Waals surface area contributed by atoms with Crippen LogP contribution in [0.1, 0.15) is 50.7 Å². The molecule has 0 aliphatic carbocycles. The zero-order valence-electron chi connectivity index (χ0n) is 14.0. The van der Waals surface area contributed by atoms with E-state index in [1.807, 2.05) is 37.6 Å². The van der Waals surface area contributed by atoms with Crippen molar-refractivity contribution in [1.29, 1.82) is 0 Å².